The van der Waals surface area contributed by atoms with Crippen molar-refractivity contribution < 1.29 is 49.0 Å². The Balaban J connectivity index is 0.000000340. The predicted octanol–water partition coefficient (Wildman–Crippen LogP) is 6.94. The molecule has 276 valence electrons. The molecule has 1 aliphatic carbocycles. The molecule has 3 heteroatoms. The minimum Gasteiger partial charge on any atom is -0.214 e. The van der Waals surface area contributed by atoms with Gasteiger partial charge in [0.2, 0.25) is 0 Å². The molecule has 52 heavy (non-hydrogen) atoms. The number of aryl methyl sites for hydroxylation is 2. The van der Waals surface area contributed by atoms with Crippen LogP contribution in [0, 0.1) is 6.07 Å². The molecule has 0 radical (unpaired) electrons. The van der Waals surface area contributed by atoms with Gasteiger partial charge in [0.25, 0.3) is 0 Å². The summed E-state index contributed by atoms with van der Waals surface area (Å²) >= 11 is 1.55. The summed E-state index contributed by atoms with van der Waals surface area (Å²) in [5.41, 5.74) is 15.1. The summed E-state index contributed by atoms with van der Waals surface area (Å²) in [5, 5.41) is 0. The van der Waals surface area contributed by atoms with E-state index in [0.717, 1.165) is 25.7 Å². The van der Waals surface area contributed by atoms with Gasteiger partial charge in [-0.15, -0.1) is 16.7 Å². The largest absolute Gasteiger partial charge is 0.214 e. The van der Waals surface area contributed by atoms with Gasteiger partial charge in [0, 0.05) is 0 Å². The van der Waals surface area contributed by atoms with E-state index in [0.29, 0.717) is 0 Å². The van der Waals surface area contributed by atoms with Crippen LogP contribution in [0.1, 0.15) is 126 Å². The maximum atomic E-state index is 3.90. The first-order valence-electron chi connectivity index (χ1n) is 19.0. The Bertz CT molecular complexity index is 1620. The van der Waals surface area contributed by atoms with Crippen LogP contribution in [0.15, 0.2) is 109 Å². The maximum Gasteiger partial charge on any atom is -0.172 e. The van der Waals surface area contributed by atoms with E-state index >= 15 is 0 Å². The van der Waals surface area contributed by atoms with E-state index in [1.807, 2.05) is 30.3 Å². The third-order valence-electron chi connectivity index (χ3n) is 9.50. The van der Waals surface area contributed by atoms with Crippen LogP contribution in [0.2, 0.25) is 0 Å². The smallest absolute Gasteiger partial charge is 0.172 e. The molecule has 0 aliphatic heterocycles. The van der Waals surface area contributed by atoms with Gasteiger partial charge >= 0.3 is 112 Å². The number of rotatable bonds is 10. The van der Waals surface area contributed by atoms with Crippen LogP contribution in [0.3, 0.4) is 0 Å². The molecule has 0 spiro atoms. The Hall–Kier alpha value is -2.44. The van der Waals surface area contributed by atoms with Gasteiger partial charge < -0.3 is 24.8 Å². The van der Waals surface area contributed by atoms with Crippen molar-refractivity contribution in [2.75, 3.05) is 0 Å². The van der Waals surface area contributed by atoms with Crippen LogP contribution in [0.4, 0.5) is 0 Å². The van der Waals surface area contributed by atoms with Gasteiger partial charge in [-0.1, -0.05) is 104 Å². The summed E-state index contributed by atoms with van der Waals surface area (Å²) in [4.78, 5) is 0. The molecule has 0 heterocycles. The second-order valence-corrected chi connectivity index (χ2v) is 17.7. The molecule has 0 saturated heterocycles. The van der Waals surface area contributed by atoms with Crippen molar-refractivity contribution in [3.05, 3.63) is 160 Å². The summed E-state index contributed by atoms with van der Waals surface area (Å²) in [6, 6.07) is 42.9. The second kappa shape index (κ2) is 22.1. The number of hydrogen-bond acceptors (Lipinski definition) is 0. The third kappa shape index (κ3) is 13.8. The summed E-state index contributed by atoms with van der Waals surface area (Å²) < 4.78 is 1.60. The molecule has 5 aromatic carbocycles. The molecule has 0 saturated carbocycles. The van der Waals surface area contributed by atoms with E-state index in [4.69, 9.17) is 0 Å². The van der Waals surface area contributed by atoms with E-state index < -0.39 is 0 Å². The number of hydrogen-bond donors (Lipinski definition) is 0. The average molecular weight is 811 g/mol. The van der Waals surface area contributed by atoms with Gasteiger partial charge in [-0.05, 0) is 41.4 Å². The first-order valence-corrected chi connectivity index (χ1v) is 20.2. The third-order valence-corrected chi connectivity index (χ3v) is 10.4. The molecular formula is C49H60Cl2Zr-2. The maximum absolute atomic E-state index is 3.90. The SMILES string of the molecule is CCCCc1[c-]c2c(cc1C(C)(C)C)-c1cc(C(C)(C)C)c(CCCC)cc1C2.[Cl-].[Cl-].[Zr+2]=[C](Cc1ccccc1)Cc1ccccc1.c1cc[cH-]c1. The van der Waals surface area contributed by atoms with Crippen LogP contribution in [0.5, 0.6) is 0 Å². The number of benzene rings is 4. The summed E-state index contributed by atoms with van der Waals surface area (Å²) in [7, 11) is 0. The number of halogens is 2. The Morgan fingerprint density at radius 2 is 1.15 bits per heavy atom. The topological polar surface area (TPSA) is 0 Å². The van der Waals surface area contributed by atoms with Crippen molar-refractivity contribution in [1.82, 2.24) is 0 Å². The normalized spacial score (nSPS) is 11.4. The summed E-state index contributed by atoms with van der Waals surface area (Å²) in [6.45, 7) is 18.7. The molecule has 0 unspecified atom stereocenters. The minimum atomic E-state index is 0. The number of unbranched alkanes of at least 4 members (excludes halogenated alkanes) is 2. The first kappa shape index (κ1) is 45.7. The minimum absolute atomic E-state index is 0. The van der Waals surface area contributed by atoms with Crippen molar-refractivity contribution in [3.8, 4) is 11.1 Å². The molecule has 6 rings (SSSR count). The predicted molar refractivity (Wildman–Crippen MR) is 215 cm³/mol. The monoisotopic (exact) mass is 808 g/mol. The van der Waals surface area contributed by atoms with Crippen molar-refractivity contribution in [2.45, 2.75) is 124 Å². The first-order chi connectivity index (χ1) is 23.9. The Morgan fingerprint density at radius 1 is 0.654 bits per heavy atom. The molecule has 0 amide bonds. The Kier molecular flexibility index (Phi) is 19.4. The zero-order valence-corrected chi connectivity index (χ0v) is 37.0. The standard InChI is InChI=1S/C29H41.C15H14.C5H5.2ClH.Zr/c1-9-11-13-20-15-22-17-23-16-21(14-12-10-2)27(29(6,7)8)19-25(23)24(22)18-26(20)28(3,4)5;1-3-8-14(9-4-1)12-7-13-15-10-5-2-6-11-15;1-2-4-5-3-1;;;/h15,18-19H,9-14,17H2,1-8H3;1-6,8-11H,12-13H2;1-5H;2*1H;/q-1;;-1;;;+2/p-2. The molecule has 0 atom stereocenters. The summed E-state index contributed by atoms with van der Waals surface area (Å²) in [5.74, 6) is 0. The Morgan fingerprint density at radius 3 is 1.62 bits per heavy atom. The van der Waals surface area contributed by atoms with Crippen LogP contribution in [0.25, 0.3) is 11.1 Å². The van der Waals surface area contributed by atoms with E-state index in [9.17, 15) is 0 Å². The fraction of sp³-hybridized carbons (Fsp3) is 0.388. The van der Waals surface area contributed by atoms with E-state index in [1.165, 1.54) is 82.2 Å². The van der Waals surface area contributed by atoms with Crippen LogP contribution in [-0.2, 0) is 67.2 Å². The van der Waals surface area contributed by atoms with Crippen molar-refractivity contribution >= 4 is 3.21 Å². The van der Waals surface area contributed by atoms with Gasteiger partial charge in [0.1, 0.15) is 0 Å². The van der Waals surface area contributed by atoms with Crippen molar-refractivity contribution in [3.63, 3.8) is 0 Å². The fourth-order valence-electron chi connectivity index (χ4n) is 6.86. The fourth-order valence-corrected chi connectivity index (χ4v) is 7.86. The molecular weight excluding hydrogens is 751 g/mol. The van der Waals surface area contributed by atoms with E-state index in [2.05, 4.69) is 140 Å². The van der Waals surface area contributed by atoms with Crippen molar-refractivity contribution in [1.29, 1.82) is 0 Å². The number of fused-ring (bicyclic) bond motifs is 3. The molecule has 0 aromatic heterocycles. The zero-order valence-electron chi connectivity index (χ0n) is 33.0. The average Bonchev–Trinajstić information content (AvgIpc) is 3.78. The van der Waals surface area contributed by atoms with Gasteiger partial charge in [0.15, 0.2) is 0 Å². The van der Waals surface area contributed by atoms with Crippen LogP contribution in [-0.4, -0.2) is 3.21 Å². The quantitative estimate of drug-likeness (QED) is 0.132. The van der Waals surface area contributed by atoms with Gasteiger partial charge in [-0.2, -0.15) is 35.9 Å². The molecule has 0 nitrogen and oxygen atoms in total. The van der Waals surface area contributed by atoms with E-state index in [-0.39, 0.29) is 35.6 Å². The van der Waals surface area contributed by atoms with Crippen LogP contribution < -0.4 is 24.8 Å². The van der Waals surface area contributed by atoms with Gasteiger partial charge in [-0.3, -0.25) is 0 Å². The zero-order chi connectivity index (χ0) is 36.1. The van der Waals surface area contributed by atoms with Crippen LogP contribution >= 0.6 is 0 Å². The summed E-state index contributed by atoms with van der Waals surface area (Å²) in [6.07, 6.45) is 10.7. The van der Waals surface area contributed by atoms with Crippen molar-refractivity contribution in [2.24, 2.45) is 0 Å². The van der Waals surface area contributed by atoms with Gasteiger partial charge in [0.05, 0.1) is 0 Å². The molecule has 5 aromatic rings. The van der Waals surface area contributed by atoms with Gasteiger partial charge in [-0.25, -0.2) is 12.1 Å². The molecule has 1 aliphatic rings. The second-order valence-electron chi connectivity index (χ2n) is 16.0. The van der Waals surface area contributed by atoms with E-state index in [1.54, 1.807) is 33.0 Å². The molecule has 0 fully saturated rings. The molecule has 0 bridgehead atoms. The Labute approximate surface area is 344 Å². The molecule has 0 N–H and O–H groups in total.